The standard InChI is InChI=1S/C12H9N3S2/c1-8-7-17-12(14-8)11(16)15-10-4-2-9(6-13)3-5-10/h2-5,7H,1H3,(H,15,16). The molecule has 1 heterocycles. The van der Waals surface area contributed by atoms with Crippen molar-refractivity contribution >= 4 is 34.2 Å². The van der Waals surface area contributed by atoms with Crippen molar-refractivity contribution in [2.75, 3.05) is 5.32 Å². The molecule has 0 aliphatic rings. The Balaban J connectivity index is 2.11. The Kier molecular flexibility index (Phi) is 3.47. The molecule has 17 heavy (non-hydrogen) atoms. The molecular formula is C12H9N3S2. The molecule has 0 saturated heterocycles. The van der Waals surface area contributed by atoms with Crippen LogP contribution in [-0.2, 0) is 0 Å². The molecule has 1 aromatic carbocycles. The van der Waals surface area contributed by atoms with Crippen molar-refractivity contribution in [3.8, 4) is 6.07 Å². The van der Waals surface area contributed by atoms with Crippen molar-refractivity contribution in [2.24, 2.45) is 0 Å². The Morgan fingerprint density at radius 3 is 2.65 bits per heavy atom. The Labute approximate surface area is 109 Å². The van der Waals surface area contributed by atoms with Crippen molar-refractivity contribution in [3.63, 3.8) is 0 Å². The van der Waals surface area contributed by atoms with E-state index in [1.807, 2.05) is 24.4 Å². The molecule has 2 aromatic rings. The third-order valence-corrected chi connectivity index (χ3v) is 3.49. The van der Waals surface area contributed by atoms with Gasteiger partial charge in [-0.05, 0) is 31.2 Å². The fraction of sp³-hybridized carbons (Fsp3) is 0.0833. The van der Waals surface area contributed by atoms with E-state index in [-0.39, 0.29) is 0 Å². The van der Waals surface area contributed by atoms with Crippen molar-refractivity contribution in [1.29, 1.82) is 5.26 Å². The predicted octanol–water partition coefficient (Wildman–Crippen LogP) is 3.11. The summed E-state index contributed by atoms with van der Waals surface area (Å²) in [5.41, 5.74) is 2.46. The maximum atomic E-state index is 8.69. The van der Waals surface area contributed by atoms with Gasteiger partial charge < -0.3 is 5.32 Å². The second-order valence-corrected chi connectivity index (χ2v) is 4.70. The molecule has 0 aliphatic carbocycles. The van der Waals surface area contributed by atoms with Crippen LogP contribution in [0.4, 0.5) is 5.69 Å². The Bertz CT molecular complexity index is 579. The molecule has 2 rings (SSSR count). The van der Waals surface area contributed by atoms with Crippen LogP contribution in [0.15, 0.2) is 29.6 Å². The number of rotatable bonds is 2. The van der Waals surface area contributed by atoms with Crippen LogP contribution >= 0.6 is 23.6 Å². The van der Waals surface area contributed by atoms with E-state index in [0.29, 0.717) is 10.6 Å². The number of nitrogens with one attached hydrogen (secondary N) is 1. The van der Waals surface area contributed by atoms with Crippen LogP contribution in [0.3, 0.4) is 0 Å². The molecule has 0 spiro atoms. The van der Waals surface area contributed by atoms with Crippen LogP contribution in [0.2, 0.25) is 0 Å². The number of hydrogen-bond donors (Lipinski definition) is 1. The molecular weight excluding hydrogens is 250 g/mol. The summed E-state index contributed by atoms with van der Waals surface area (Å²) in [5, 5.41) is 14.5. The first kappa shape index (κ1) is 11.7. The predicted molar refractivity (Wildman–Crippen MR) is 73.3 cm³/mol. The summed E-state index contributed by atoms with van der Waals surface area (Å²) in [7, 11) is 0. The number of hydrogen-bond acceptors (Lipinski definition) is 4. The van der Waals surface area contributed by atoms with E-state index in [9.17, 15) is 0 Å². The van der Waals surface area contributed by atoms with Gasteiger partial charge in [-0.3, -0.25) is 0 Å². The lowest BCUT2D eigenvalue weighted by Gasteiger charge is -2.04. The number of thiocarbonyl (C=S) groups is 1. The molecule has 1 N–H and O–H groups in total. The van der Waals surface area contributed by atoms with Gasteiger partial charge in [0.15, 0.2) is 5.01 Å². The molecule has 0 bridgehead atoms. The largest absolute Gasteiger partial charge is 0.344 e. The highest BCUT2D eigenvalue weighted by atomic mass is 32.1. The number of anilines is 1. The second kappa shape index (κ2) is 5.04. The number of nitrogens with zero attached hydrogens (tertiary/aromatic N) is 2. The topological polar surface area (TPSA) is 48.7 Å². The molecule has 5 heteroatoms. The van der Waals surface area contributed by atoms with Gasteiger partial charge in [0.25, 0.3) is 0 Å². The fourth-order valence-corrected chi connectivity index (χ4v) is 2.27. The summed E-state index contributed by atoms with van der Waals surface area (Å²) < 4.78 is 0. The fourth-order valence-electron chi connectivity index (χ4n) is 1.27. The van der Waals surface area contributed by atoms with E-state index in [0.717, 1.165) is 16.4 Å². The molecule has 0 saturated carbocycles. The van der Waals surface area contributed by atoms with Crippen LogP contribution in [-0.4, -0.2) is 9.97 Å². The van der Waals surface area contributed by atoms with Crippen molar-refractivity contribution < 1.29 is 0 Å². The second-order valence-electron chi connectivity index (χ2n) is 3.44. The van der Waals surface area contributed by atoms with E-state index < -0.39 is 0 Å². The molecule has 84 valence electrons. The highest BCUT2D eigenvalue weighted by Gasteiger charge is 2.05. The number of aromatic nitrogens is 1. The number of benzene rings is 1. The van der Waals surface area contributed by atoms with Crippen molar-refractivity contribution in [1.82, 2.24) is 4.98 Å². The molecule has 3 nitrogen and oxygen atoms in total. The summed E-state index contributed by atoms with van der Waals surface area (Å²) in [6, 6.07) is 9.22. The quantitative estimate of drug-likeness (QED) is 0.842. The van der Waals surface area contributed by atoms with Gasteiger partial charge in [-0.1, -0.05) is 12.2 Å². The Morgan fingerprint density at radius 2 is 2.12 bits per heavy atom. The van der Waals surface area contributed by atoms with E-state index in [4.69, 9.17) is 17.5 Å². The van der Waals surface area contributed by atoms with Crippen molar-refractivity contribution in [2.45, 2.75) is 6.92 Å². The number of thiazole rings is 1. The van der Waals surface area contributed by atoms with E-state index in [1.165, 1.54) is 11.3 Å². The molecule has 0 atom stereocenters. The summed E-state index contributed by atoms with van der Waals surface area (Å²) in [6.07, 6.45) is 0. The molecule has 0 fully saturated rings. The average Bonchev–Trinajstić information content (AvgIpc) is 2.77. The van der Waals surface area contributed by atoms with Gasteiger partial charge in [0, 0.05) is 16.8 Å². The van der Waals surface area contributed by atoms with Crippen LogP contribution in [0.25, 0.3) is 0 Å². The van der Waals surface area contributed by atoms with Gasteiger partial charge in [0.05, 0.1) is 11.6 Å². The molecule has 0 radical (unpaired) electrons. The zero-order valence-corrected chi connectivity index (χ0v) is 10.7. The van der Waals surface area contributed by atoms with Gasteiger partial charge in [0.2, 0.25) is 0 Å². The summed E-state index contributed by atoms with van der Waals surface area (Å²) >= 11 is 6.77. The van der Waals surface area contributed by atoms with Gasteiger partial charge >= 0.3 is 0 Å². The zero-order valence-electron chi connectivity index (χ0n) is 9.10. The SMILES string of the molecule is Cc1csc(C(=S)Nc2ccc(C#N)cc2)n1. The zero-order chi connectivity index (χ0) is 12.3. The monoisotopic (exact) mass is 259 g/mol. The third kappa shape index (κ3) is 2.87. The lowest BCUT2D eigenvalue weighted by Crippen LogP contribution is -2.10. The minimum atomic E-state index is 0.604. The van der Waals surface area contributed by atoms with Crippen LogP contribution in [0, 0.1) is 18.3 Å². The average molecular weight is 259 g/mol. The summed E-state index contributed by atoms with van der Waals surface area (Å²) in [5.74, 6) is 0. The smallest absolute Gasteiger partial charge is 0.151 e. The van der Waals surface area contributed by atoms with Crippen molar-refractivity contribution in [3.05, 3.63) is 45.9 Å². The Hall–Kier alpha value is -1.77. The van der Waals surface area contributed by atoms with Gasteiger partial charge in [-0.15, -0.1) is 11.3 Å². The van der Waals surface area contributed by atoms with E-state index in [2.05, 4.69) is 16.4 Å². The van der Waals surface area contributed by atoms with Gasteiger partial charge in [-0.2, -0.15) is 5.26 Å². The normalized spacial score (nSPS) is 9.65. The first-order valence-electron chi connectivity index (χ1n) is 4.92. The number of aryl methyl sites for hydroxylation is 1. The van der Waals surface area contributed by atoms with Crippen LogP contribution in [0.5, 0.6) is 0 Å². The maximum absolute atomic E-state index is 8.69. The molecule has 1 aromatic heterocycles. The highest BCUT2D eigenvalue weighted by molar-refractivity contribution is 7.81. The first-order valence-corrected chi connectivity index (χ1v) is 6.21. The van der Waals surface area contributed by atoms with Gasteiger partial charge in [0.1, 0.15) is 4.99 Å². The lowest BCUT2D eigenvalue weighted by atomic mass is 10.2. The maximum Gasteiger partial charge on any atom is 0.151 e. The van der Waals surface area contributed by atoms with Gasteiger partial charge in [-0.25, -0.2) is 4.98 Å². The van der Waals surface area contributed by atoms with Crippen LogP contribution < -0.4 is 5.32 Å². The first-order chi connectivity index (χ1) is 8.19. The molecule has 0 unspecified atom stereocenters. The Morgan fingerprint density at radius 1 is 1.41 bits per heavy atom. The summed E-state index contributed by atoms with van der Waals surface area (Å²) in [4.78, 5) is 4.91. The number of nitriles is 1. The van der Waals surface area contributed by atoms with E-state index >= 15 is 0 Å². The summed E-state index contributed by atoms with van der Waals surface area (Å²) in [6.45, 7) is 1.93. The lowest BCUT2D eigenvalue weighted by molar-refractivity contribution is 1.25. The molecule has 0 aliphatic heterocycles. The minimum Gasteiger partial charge on any atom is -0.344 e. The highest BCUT2D eigenvalue weighted by Crippen LogP contribution is 2.14. The third-order valence-electron chi connectivity index (χ3n) is 2.09. The van der Waals surface area contributed by atoms with Crippen LogP contribution in [0.1, 0.15) is 16.3 Å². The molecule has 0 amide bonds. The van der Waals surface area contributed by atoms with E-state index in [1.54, 1.807) is 12.1 Å². The minimum absolute atomic E-state index is 0.604.